The smallest absolute Gasteiger partial charge is 0.171 e. The number of hydrogen-bond donors (Lipinski definition) is 0. The molecule has 0 saturated heterocycles. The van der Waals surface area contributed by atoms with Gasteiger partial charge in [0.25, 0.3) is 0 Å². The minimum absolute atomic E-state index is 0.559. The average Bonchev–Trinajstić information content (AvgIpc) is 2.80. The van der Waals surface area contributed by atoms with Crippen molar-refractivity contribution in [1.82, 2.24) is 9.88 Å². The summed E-state index contributed by atoms with van der Waals surface area (Å²) in [6, 6.07) is 17.4. The fourth-order valence-electron chi connectivity index (χ4n) is 4.63. The van der Waals surface area contributed by atoms with Gasteiger partial charge in [0.05, 0.1) is 17.8 Å². The molecular formula is C26H29N3OS. The highest BCUT2D eigenvalue weighted by Gasteiger charge is 2.30. The lowest BCUT2D eigenvalue weighted by Gasteiger charge is -2.39. The number of aromatic nitrogens is 1. The number of hydrogen-bond acceptors (Lipinski definition) is 4. The Morgan fingerprint density at radius 2 is 1.90 bits per heavy atom. The zero-order valence-electron chi connectivity index (χ0n) is 18.3. The van der Waals surface area contributed by atoms with Gasteiger partial charge in [-0.05, 0) is 74.3 Å². The van der Waals surface area contributed by atoms with Crippen molar-refractivity contribution in [3.05, 3.63) is 59.7 Å². The summed E-state index contributed by atoms with van der Waals surface area (Å²) >= 11 is 1.73. The predicted molar refractivity (Wildman–Crippen MR) is 129 cm³/mol. The van der Waals surface area contributed by atoms with Crippen LogP contribution in [0.4, 0.5) is 5.69 Å². The van der Waals surface area contributed by atoms with Gasteiger partial charge in [0.15, 0.2) is 5.17 Å². The van der Waals surface area contributed by atoms with Crippen LogP contribution in [0.5, 0.6) is 5.75 Å². The number of para-hydroxylation sites is 1. The lowest BCUT2D eigenvalue weighted by atomic mass is 9.94. The first kappa shape index (κ1) is 20.4. The van der Waals surface area contributed by atoms with Gasteiger partial charge in [0.1, 0.15) is 10.8 Å². The Morgan fingerprint density at radius 3 is 2.68 bits per heavy atom. The Kier molecular flexibility index (Phi) is 5.86. The molecule has 0 spiro atoms. The van der Waals surface area contributed by atoms with E-state index in [0.717, 1.165) is 33.7 Å². The van der Waals surface area contributed by atoms with Gasteiger partial charge in [0.2, 0.25) is 0 Å². The Morgan fingerprint density at radius 1 is 1.10 bits per heavy atom. The molecule has 1 aliphatic heterocycles. The van der Waals surface area contributed by atoms with Crippen molar-refractivity contribution in [2.75, 3.05) is 6.61 Å². The molecule has 2 aliphatic rings. The second kappa shape index (κ2) is 8.91. The Balaban J connectivity index is 1.53. The summed E-state index contributed by atoms with van der Waals surface area (Å²) in [5, 5.41) is 3.40. The van der Waals surface area contributed by atoms with Gasteiger partial charge in [-0.25, -0.2) is 9.98 Å². The summed E-state index contributed by atoms with van der Waals surface area (Å²) in [5.41, 5.74) is 4.60. The highest BCUT2D eigenvalue weighted by molar-refractivity contribution is 8.13. The van der Waals surface area contributed by atoms with Crippen LogP contribution in [-0.2, 0) is 6.54 Å². The third-order valence-electron chi connectivity index (χ3n) is 6.25. The molecule has 0 bridgehead atoms. The third kappa shape index (κ3) is 4.29. The minimum Gasteiger partial charge on any atom is -0.494 e. The Bertz CT molecular complexity index is 1100. The second-order valence-corrected chi connectivity index (χ2v) is 9.40. The molecule has 1 aromatic heterocycles. The predicted octanol–water partition coefficient (Wildman–Crippen LogP) is 6.87. The van der Waals surface area contributed by atoms with Crippen LogP contribution in [0.2, 0.25) is 0 Å². The van der Waals surface area contributed by atoms with Gasteiger partial charge >= 0.3 is 0 Å². The molecule has 31 heavy (non-hydrogen) atoms. The van der Waals surface area contributed by atoms with Gasteiger partial charge < -0.3 is 9.64 Å². The maximum atomic E-state index is 5.59. The van der Waals surface area contributed by atoms with E-state index in [1.165, 1.54) is 48.6 Å². The van der Waals surface area contributed by atoms with Crippen LogP contribution in [0.25, 0.3) is 10.9 Å². The molecule has 5 rings (SSSR count). The second-order valence-electron chi connectivity index (χ2n) is 8.44. The largest absolute Gasteiger partial charge is 0.494 e. The summed E-state index contributed by atoms with van der Waals surface area (Å²) in [7, 11) is 0. The van der Waals surface area contributed by atoms with Crippen molar-refractivity contribution in [1.29, 1.82) is 0 Å². The van der Waals surface area contributed by atoms with Crippen molar-refractivity contribution in [3.8, 4) is 5.75 Å². The van der Waals surface area contributed by atoms with E-state index in [-0.39, 0.29) is 0 Å². The highest BCUT2D eigenvalue weighted by atomic mass is 32.2. The fourth-order valence-corrected chi connectivity index (χ4v) is 5.68. The van der Waals surface area contributed by atoms with Crippen LogP contribution < -0.4 is 4.74 Å². The van der Waals surface area contributed by atoms with E-state index in [0.29, 0.717) is 12.6 Å². The zero-order chi connectivity index (χ0) is 21.2. The Hall–Kier alpha value is -2.53. The standard InChI is InChI=1S/C26H29N3OS/c1-3-30-23-14-12-21(13-15-23)27-26-29(22-10-5-4-6-11-22)17-20-16-19-9-7-8-18(2)24(19)28-25(20)31-26/h7-9,12-16,22H,3-6,10-11,17H2,1-2H3. The molecule has 2 heterocycles. The summed E-state index contributed by atoms with van der Waals surface area (Å²) < 4.78 is 5.59. The third-order valence-corrected chi connectivity index (χ3v) is 7.30. The molecule has 1 fully saturated rings. The number of ether oxygens (including phenoxy) is 1. The number of aliphatic imine (C=N–C) groups is 1. The molecule has 0 N–H and O–H groups in total. The Labute approximate surface area is 188 Å². The molecule has 0 amide bonds. The molecule has 5 heteroatoms. The molecule has 4 nitrogen and oxygen atoms in total. The SMILES string of the molecule is CCOc1ccc(N=C2Sc3nc4c(C)cccc4cc3CN2C2CCCCC2)cc1. The normalized spacial score (nSPS) is 18.4. The van der Waals surface area contributed by atoms with E-state index in [1.807, 2.05) is 31.2 Å². The van der Waals surface area contributed by atoms with Crippen LogP contribution in [0.3, 0.4) is 0 Å². The first-order chi connectivity index (χ1) is 15.2. The molecule has 1 saturated carbocycles. The maximum absolute atomic E-state index is 5.59. The van der Waals surface area contributed by atoms with Crippen LogP contribution in [-0.4, -0.2) is 27.7 Å². The van der Waals surface area contributed by atoms with Crippen molar-refractivity contribution in [3.63, 3.8) is 0 Å². The number of thioether (sulfide) groups is 1. The molecule has 2 aromatic carbocycles. The number of aryl methyl sites for hydroxylation is 1. The van der Waals surface area contributed by atoms with Crippen LogP contribution in [0.1, 0.15) is 50.2 Å². The quantitative estimate of drug-likeness (QED) is 0.452. The van der Waals surface area contributed by atoms with E-state index in [1.54, 1.807) is 11.8 Å². The van der Waals surface area contributed by atoms with Crippen LogP contribution >= 0.6 is 11.8 Å². The lowest BCUT2D eigenvalue weighted by Crippen LogP contribution is -2.41. The number of nitrogens with zero attached hydrogens (tertiary/aromatic N) is 3. The lowest BCUT2D eigenvalue weighted by molar-refractivity contribution is 0.238. The van der Waals surface area contributed by atoms with E-state index in [4.69, 9.17) is 14.7 Å². The van der Waals surface area contributed by atoms with Gasteiger partial charge in [-0.3, -0.25) is 0 Å². The van der Waals surface area contributed by atoms with Gasteiger partial charge in [-0.1, -0.05) is 37.5 Å². The summed E-state index contributed by atoms with van der Waals surface area (Å²) in [4.78, 5) is 12.7. The molecule has 0 unspecified atom stereocenters. The summed E-state index contributed by atoms with van der Waals surface area (Å²) in [5.74, 6) is 0.890. The molecule has 1 aliphatic carbocycles. The van der Waals surface area contributed by atoms with Crippen molar-refractivity contribution < 1.29 is 4.74 Å². The topological polar surface area (TPSA) is 37.7 Å². The summed E-state index contributed by atoms with van der Waals surface area (Å²) in [6.45, 7) is 5.71. The van der Waals surface area contributed by atoms with E-state index in [2.05, 4.69) is 36.1 Å². The van der Waals surface area contributed by atoms with Gasteiger partial charge in [0, 0.05) is 23.5 Å². The number of pyridine rings is 1. The van der Waals surface area contributed by atoms with Crippen molar-refractivity contribution in [2.24, 2.45) is 4.99 Å². The maximum Gasteiger partial charge on any atom is 0.171 e. The number of benzene rings is 2. The van der Waals surface area contributed by atoms with E-state index in [9.17, 15) is 0 Å². The van der Waals surface area contributed by atoms with Gasteiger partial charge in [-0.15, -0.1) is 0 Å². The molecule has 0 atom stereocenters. The summed E-state index contributed by atoms with van der Waals surface area (Å²) in [6.07, 6.45) is 6.47. The molecular weight excluding hydrogens is 402 g/mol. The molecule has 160 valence electrons. The van der Waals surface area contributed by atoms with Crippen molar-refractivity contribution >= 4 is 33.5 Å². The first-order valence-electron chi connectivity index (χ1n) is 11.4. The fraction of sp³-hybridized carbons (Fsp3) is 0.385. The first-order valence-corrected chi connectivity index (χ1v) is 12.2. The zero-order valence-corrected chi connectivity index (χ0v) is 19.1. The van der Waals surface area contributed by atoms with E-state index < -0.39 is 0 Å². The van der Waals surface area contributed by atoms with Crippen molar-refractivity contribution in [2.45, 2.75) is 63.6 Å². The molecule has 3 aromatic rings. The number of amidine groups is 1. The average molecular weight is 432 g/mol. The van der Waals surface area contributed by atoms with Crippen LogP contribution in [0, 0.1) is 6.92 Å². The van der Waals surface area contributed by atoms with E-state index >= 15 is 0 Å². The minimum atomic E-state index is 0.559. The number of rotatable bonds is 4. The van der Waals surface area contributed by atoms with Crippen LogP contribution in [0.15, 0.2) is 58.5 Å². The number of fused-ring (bicyclic) bond motifs is 2. The highest BCUT2D eigenvalue weighted by Crippen LogP contribution is 2.38. The van der Waals surface area contributed by atoms with Gasteiger partial charge in [-0.2, -0.15) is 0 Å². The monoisotopic (exact) mass is 431 g/mol. The molecule has 0 radical (unpaired) electrons.